The van der Waals surface area contributed by atoms with Gasteiger partial charge in [0.15, 0.2) is 6.10 Å². The zero-order chi connectivity index (χ0) is 59.9. The molecule has 0 aliphatic rings. The van der Waals surface area contributed by atoms with Gasteiger partial charge in [-0.2, -0.15) is 0 Å². The highest BCUT2D eigenvalue weighted by molar-refractivity contribution is 5.71. The van der Waals surface area contributed by atoms with Gasteiger partial charge in [-0.25, -0.2) is 0 Å². The smallest absolute Gasteiger partial charge is 0.306 e. The number of carbonyl (C=O) groups is 3. The third-order valence-corrected chi connectivity index (χ3v) is 15.2. The Morgan fingerprint density at radius 3 is 0.747 bits per heavy atom. The SMILES string of the molecule is CC/C=C\C/C=C\C/C=C\C/C=C\CCCCCCCCCCCCC(=O)OCC(COC(=O)CCCCCCCCCCC/C=C\CCCCCCCCCC)OC(=O)CCCCCCCCCC/C=C\C/C=C\C/C=C\C/C=C\CC. The molecule has 83 heavy (non-hydrogen) atoms. The third-order valence-electron chi connectivity index (χ3n) is 15.2. The zero-order valence-corrected chi connectivity index (χ0v) is 54.7. The molecular formula is C77H132O6. The average molecular weight is 1150 g/mol. The molecule has 0 aromatic rings. The topological polar surface area (TPSA) is 78.9 Å². The molecule has 0 radical (unpaired) electrons. The van der Waals surface area contributed by atoms with E-state index in [4.69, 9.17) is 14.2 Å². The molecule has 0 saturated heterocycles. The highest BCUT2D eigenvalue weighted by Crippen LogP contribution is 2.17. The molecule has 0 fully saturated rings. The molecule has 0 saturated carbocycles. The van der Waals surface area contributed by atoms with Gasteiger partial charge in [0.05, 0.1) is 0 Å². The molecule has 1 unspecified atom stereocenters. The number of hydrogen-bond donors (Lipinski definition) is 0. The van der Waals surface area contributed by atoms with Crippen LogP contribution in [0.5, 0.6) is 0 Å². The number of allylic oxidation sites excluding steroid dienone is 18. The minimum Gasteiger partial charge on any atom is -0.462 e. The number of unbranched alkanes of at least 4 members (excludes halogenated alkanes) is 35. The van der Waals surface area contributed by atoms with Crippen LogP contribution in [-0.2, 0) is 28.6 Å². The van der Waals surface area contributed by atoms with E-state index in [1.165, 1.54) is 186 Å². The van der Waals surface area contributed by atoms with Crippen molar-refractivity contribution < 1.29 is 28.6 Å². The second-order valence-corrected chi connectivity index (χ2v) is 23.4. The van der Waals surface area contributed by atoms with Crippen LogP contribution in [0.3, 0.4) is 0 Å². The third kappa shape index (κ3) is 68.7. The number of rotatable bonds is 64. The maximum atomic E-state index is 13.0. The van der Waals surface area contributed by atoms with E-state index in [0.717, 1.165) is 116 Å². The lowest BCUT2D eigenvalue weighted by molar-refractivity contribution is -0.167. The van der Waals surface area contributed by atoms with Crippen LogP contribution in [-0.4, -0.2) is 37.2 Å². The fourth-order valence-corrected chi connectivity index (χ4v) is 10.0. The van der Waals surface area contributed by atoms with Crippen molar-refractivity contribution in [3.63, 3.8) is 0 Å². The normalized spacial score (nSPS) is 12.8. The van der Waals surface area contributed by atoms with Gasteiger partial charge in [0.2, 0.25) is 0 Å². The summed E-state index contributed by atoms with van der Waals surface area (Å²) in [5.41, 5.74) is 0. The lowest BCUT2D eigenvalue weighted by atomic mass is 10.1. The first-order chi connectivity index (χ1) is 41.0. The molecule has 0 aliphatic heterocycles. The van der Waals surface area contributed by atoms with Gasteiger partial charge in [-0.1, -0.05) is 310 Å². The second-order valence-electron chi connectivity index (χ2n) is 23.4. The second kappa shape index (κ2) is 70.6. The predicted octanol–water partition coefficient (Wildman–Crippen LogP) is 24.6. The Hall–Kier alpha value is -3.93. The van der Waals surface area contributed by atoms with Gasteiger partial charge in [0, 0.05) is 19.3 Å². The monoisotopic (exact) mass is 1150 g/mol. The van der Waals surface area contributed by atoms with Gasteiger partial charge in [-0.15, -0.1) is 0 Å². The summed E-state index contributed by atoms with van der Waals surface area (Å²) in [6.45, 7) is 6.45. The number of carbonyl (C=O) groups excluding carboxylic acids is 3. The first kappa shape index (κ1) is 79.1. The van der Waals surface area contributed by atoms with E-state index >= 15 is 0 Å². The molecule has 0 rings (SSSR count). The Kier molecular flexibility index (Phi) is 67.2. The standard InChI is InChI=1S/C77H132O6/c1-4-7-10-13-16-19-22-25-28-31-34-37-38-41-43-46-49-52-55-58-61-64-67-70-76(79)82-73-74(83-77(80)71-68-65-62-59-56-53-50-47-44-40-36-33-30-27-24-21-18-15-12-9-6-3)72-81-75(78)69-66-63-60-57-54-51-48-45-42-39-35-32-29-26-23-20-17-14-11-8-5-2/h7,9-10,12,16,18-19,21,25,27-28,30,32,34-37,40,74H,4-6,8,11,13-15,17,20,22-24,26,29,31,33,38-39,41-73H2,1-3H3/b10-7-,12-9-,19-16-,21-18-,28-25-,30-27-,35-32-,37-34-,40-36-. The fourth-order valence-electron chi connectivity index (χ4n) is 10.0. The number of esters is 3. The maximum absolute atomic E-state index is 13.0. The van der Waals surface area contributed by atoms with Crippen molar-refractivity contribution in [2.24, 2.45) is 0 Å². The van der Waals surface area contributed by atoms with E-state index in [-0.39, 0.29) is 31.1 Å². The zero-order valence-electron chi connectivity index (χ0n) is 54.7. The van der Waals surface area contributed by atoms with Crippen LogP contribution in [0.4, 0.5) is 0 Å². The summed E-state index contributed by atoms with van der Waals surface area (Å²) in [5, 5.41) is 0. The molecule has 0 spiro atoms. The van der Waals surface area contributed by atoms with Gasteiger partial charge in [-0.3, -0.25) is 14.4 Å². The minimum absolute atomic E-state index is 0.0829. The van der Waals surface area contributed by atoms with Crippen LogP contribution in [0.15, 0.2) is 109 Å². The van der Waals surface area contributed by atoms with Crippen molar-refractivity contribution in [1.82, 2.24) is 0 Å². The van der Waals surface area contributed by atoms with Gasteiger partial charge in [0.25, 0.3) is 0 Å². The van der Waals surface area contributed by atoms with Crippen LogP contribution in [0, 0.1) is 0 Å². The van der Waals surface area contributed by atoms with Gasteiger partial charge >= 0.3 is 17.9 Å². The van der Waals surface area contributed by atoms with Crippen molar-refractivity contribution in [2.45, 2.75) is 348 Å². The largest absolute Gasteiger partial charge is 0.462 e. The molecule has 476 valence electrons. The van der Waals surface area contributed by atoms with Crippen LogP contribution in [0.2, 0.25) is 0 Å². The van der Waals surface area contributed by atoms with Crippen molar-refractivity contribution in [3.05, 3.63) is 109 Å². The van der Waals surface area contributed by atoms with Crippen molar-refractivity contribution in [3.8, 4) is 0 Å². The van der Waals surface area contributed by atoms with E-state index in [1.807, 2.05) is 0 Å². The first-order valence-electron chi connectivity index (χ1n) is 35.4. The van der Waals surface area contributed by atoms with Crippen LogP contribution in [0.25, 0.3) is 0 Å². The van der Waals surface area contributed by atoms with Gasteiger partial charge in [-0.05, 0) is 122 Å². The molecule has 1 atom stereocenters. The highest BCUT2D eigenvalue weighted by Gasteiger charge is 2.19. The highest BCUT2D eigenvalue weighted by atomic mass is 16.6. The molecule has 0 N–H and O–H groups in total. The van der Waals surface area contributed by atoms with Gasteiger partial charge in [0.1, 0.15) is 13.2 Å². The maximum Gasteiger partial charge on any atom is 0.306 e. The molecule has 6 nitrogen and oxygen atoms in total. The van der Waals surface area contributed by atoms with E-state index in [2.05, 4.69) is 130 Å². The van der Waals surface area contributed by atoms with Crippen LogP contribution < -0.4 is 0 Å². The summed E-state index contributed by atoms with van der Waals surface area (Å²) in [4.78, 5) is 38.5. The van der Waals surface area contributed by atoms with E-state index in [9.17, 15) is 14.4 Å². The first-order valence-corrected chi connectivity index (χ1v) is 35.4. The lowest BCUT2D eigenvalue weighted by Gasteiger charge is -2.18. The Bertz CT molecular complexity index is 1660. The van der Waals surface area contributed by atoms with Crippen molar-refractivity contribution in [1.29, 1.82) is 0 Å². The summed E-state index contributed by atoms with van der Waals surface area (Å²) in [5.74, 6) is -0.883. The molecule has 0 aromatic heterocycles. The number of hydrogen-bond acceptors (Lipinski definition) is 6. The quantitative estimate of drug-likeness (QED) is 0.0261. The Labute approximate surface area is 514 Å². The molecule has 0 aliphatic carbocycles. The Morgan fingerprint density at radius 2 is 0.470 bits per heavy atom. The van der Waals surface area contributed by atoms with E-state index < -0.39 is 6.10 Å². The summed E-state index contributed by atoms with van der Waals surface area (Å²) in [6, 6.07) is 0. The van der Waals surface area contributed by atoms with E-state index in [0.29, 0.717) is 19.3 Å². The average Bonchev–Trinajstić information content (AvgIpc) is 3.49. The summed E-state index contributed by atoms with van der Waals surface area (Å²) < 4.78 is 17.0. The van der Waals surface area contributed by atoms with Crippen LogP contribution >= 0.6 is 0 Å². The van der Waals surface area contributed by atoms with Gasteiger partial charge < -0.3 is 14.2 Å². The summed E-state index contributed by atoms with van der Waals surface area (Å²) >= 11 is 0. The Morgan fingerprint density at radius 1 is 0.253 bits per heavy atom. The predicted molar refractivity (Wildman–Crippen MR) is 362 cm³/mol. The summed E-state index contributed by atoms with van der Waals surface area (Å²) in [7, 11) is 0. The molecule has 6 heteroatoms. The molecule has 0 amide bonds. The lowest BCUT2D eigenvalue weighted by Crippen LogP contribution is -2.30. The molecule has 0 aromatic carbocycles. The van der Waals surface area contributed by atoms with Crippen molar-refractivity contribution >= 4 is 17.9 Å². The molecule has 0 heterocycles. The molecular weight excluding hydrogens is 1020 g/mol. The molecule has 0 bridgehead atoms. The minimum atomic E-state index is -0.789. The van der Waals surface area contributed by atoms with Crippen LogP contribution in [0.1, 0.15) is 342 Å². The number of ether oxygens (including phenoxy) is 3. The Balaban J connectivity index is 4.40. The van der Waals surface area contributed by atoms with E-state index in [1.54, 1.807) is 0 Å². The summed E-state index contributed by atoms with van der Waals surface area (Å²) in [6.07, 6.45) is 96.7. The fraction of sp³-hybridized carbons (Fsp3) is 0.727. The van der Waals surface area contributed by atoms with Crippen molar-refractivity contribution in [2.75, 3.05) is 13.2 Å².